The zero-order chi connectivity index (χ0) is 14.5. The van der Waals surface area contributed by atoms with Gasteiger partial charge in [0.1, 0.15) is 5.75 Å². The van der Waals surface area contributed by atoms with Crippen LogP contribution in [0.2, 0.25) is 0 Å². The summed E-state index contributed by atoms with van der Waals surface area (Å²) in [4.78, 5) is 14.4. The van der Waals surface area contributed by atoms with E-state index in [9.17, 15) is 4.79 Å². The van der Waals surface area contributed by atoms with Crippen LogP contribution >= 0.6 is 0 Å². The van der Waals surface area contributed by atoms with E-state index >= 15 is 0 Å². The van der Waals surface area contributed by atoms with E-state index in [1.807, 2.05) is 36.1 Å². The van der Waals surface area contributed by atoms with Crippen molar-refractivity contribution in [3.8, 4) is 5.75 Å². The van der Waals surface area contributed by atoms with Gasteiger partial charge in [-0.25, -0.2) is 0 Å². The maximum atomic E-state index is 12.5. The van der Waals surface area contributed by atoms with Crippen molar-refractivity contribution in [2.75, 3.05) is 13.7 Å². The highest BCUT2D eigenvalue weighted by Gasteiger charge is 2.32. The minimum Gasteiger partial charge on any atom is -0.497 e. The first-order chi connectivity index (χ1) is 9.65. The molecule has 1 fully saturated rings. The van der Waals surface area contributed by atoms with Gasteiger partial charge in [-0.05, 0) is 37.5 Å². The van der Waals surface area contributed by atoms with Crippen molar-refractivity contribution in [1.29, 1.82) is 0 Å². The van der Waals surface area contributed by atoms with E-state index in [1.54, 1.807) is 7.11 Å². The van der Waals surface area contributed by atoms with E-state index in [0.717, 1.165) is 30.6 Å². The van der Waals surface area contributed by atoms with E-state index in [-0.39, 0.29) is 17.9 Å². The fourth-order valence-electron chi connectivity index (χ4n) is 2.83. The summed E-state index contributed by atoms with van der Waals surface area (Å²) in [5.74, 6) is 1.04. The molecule has 110 valence electrons. The second kappa shape index (κ2) is 6.75. The molecule has 2 rings (SSSR count). The van der Waals surface area contributed by atoms with E-state index in [1.165, 1.54) is 0 Å². The number of methoxy groups -OCH3 is 1. The number of carbonyl (C=O) groups is 1. The number of carbonyl (C=O) groups excluding carboxylic acids is 1. The fourth-order valence-corrected chi connectivity index (χ4v) is 2.83. The SMILES string of the molecule is CCN(Cc1ccc(OC)cc1)C(=O)C1CCCC1N. The van der Waals surface area contributed by atoms with Crippen LogP contribution < -0.4 is 10.5 Å². The molecule has 2 atom stereocenters. The molecule has 1 aromatic carbocycles. The molecular weight excluding hydrogens is 252 g/mol. The van der Waals surface area contributed by atoms with Crippen LogP contribution in [0.1, 0.15) is 31.7 Å². The second-order valence-corrected chi connectivity index (χ2v) is 5.40. The summed E-state index contributed by atoms with van der Waals surface area (Å²) in [7, 11) is 1.65. The molecule has 0 bridgehead atoms. The summed E-state index contributed by atoms with van der Waals surface area (Å²) in [5.41, 5.74) is 7.16. The van der Waals surface area contributed by atoms with E-state index < -0.39 is 0 Å². The predicted octanol–water partition coefficient (Wildman–Crippen LogP) is 2.17. The van der Waals surface area contributed by atoms with Gasteiger partial charge in [0, 0.05) is 19.1 Å². The molecule has 0 spiro atoms. The summed E-state index contributed by atoms with van der Waals surface area (Å²) in [6, 6.07) is 7.89. The van der Waals surface area contributed by atoms with Gasteiger partial charge < -0.3 is 15.4 Å². The molecule has 1 aromatic rings. The Balaban J connectivity index is 2.02. The smallest absolute Gasteiger partial charge is 0.227 e. The molecule has 0 saturated heterocycles. The van der Waals surface area contributed by atoms with E-state index in [0.29, 0.717) is 13.1 Å². The third-order valence-electron chi connectivity index (χ3n) is 4.11. The normalized spacial score (nSPS) is 21.8. The van der Waals surface area contributed by atoms with Gasteiger partial charge in [0.2, 0.25) is 5.91 Å². The third-order valence-corrected chi connectivity index (χ3v) is 4.11. The van der Waals surface area contributed by atoms with Gasteiger partial charge >= 0.3 is 0 Å². The summed E-state index contributed by atoms with van der Waals surface area (Å²) in [6.07, 6.45) is 2.97. The quantitative estimate of drug-likeness (QED) is 0.896. The van der Waals surface area contributed by atoms with E-state index in [2.05, 4.69) is 0 Å². The lowest BCUT2D eigenvalue weighted by molar-refractivity contribution is -0.136. The standard InChI is InChI=1S/C16H24N2O2/c1-3-18(16(19)14-5-4-6-15(14)17)11-12-7-9-13(20-2)10-8-12/h7-10,14-15H,3-6,11,17H2,1-2H3. The van der Waals surface area contributed by atoms with Gasteiger partial charge in [-0.2, -0.15) is 0 Å². The van der Waals surface area contributed by atoms with Gasteiger partial charge in [0.15, 0.2) is 0 Å². The molecule has 0 aliphatic heterocycles. The zero-order valence-electron chi connectivity index (χ0n) is 12.3. The summed E-state index contributed by atoms with van der Waals surface area (Å²) < 4.78 is 5.15. The largest absolute Gasteiger partial charge is 0.497 e. The van der Waals surface area contributed by atoms with Gasteiger partial charge in [-0.15, -0.1) is 0 Å². The maximum absolute atomic E-state index is 12.5. The molecule has 20 heavy (non-hydrogen) atoms. The topological polar surface area (TPSA) is 55.6 Å². The Hall–Kier alpha value is -1.55. The average Bonchev–Trinajstić information content (AvgIpc) is 2.91. The van der Waals surface area contributed by atoms with Gasteiger partial charge in [0.05, 0.1) is 13.0 Å². The first-order valence-electron chi connectivity index (χ1n) is 7.33. The van der Waals surface area contributed by atoms with Crippen LogP contribution in [0.15, 0.2) is 24.3 Å². The Bertz CT molecular complexity index is 444. The van der Waals surface area contributed by atoms with Crippen LogP contribution in [0.5, 0.6) is 5.75 Å². The molecule has 2 unspecified atom stereocenters. The highest BCUT2D eigenvalue weighted by Crippen LogP contribution is 2.26. The molecule has 2 N–H and O–H groups in total. The number of rotatable bonds is 5. The number of benzene rings is 1. The van der Waals surface area contributed by atoms with Crippen LogP contribution in [0.4, 0.5) is 0 Å². The van der Waals surface area contributed by atoms with Crippen LogP contribution in [0.25, 0.3) is 0 Å². The highest BCUT2D eigenvalue weighted by atomic mass is 16.5. The fraction of sp³-hybridized carbons (Fsp3) is 0.562. The average molecular weight is 276 g/mol. The number of nitrogens with zero attached hydrogens (tertiary/aromatic N) is 1. The van der Waals surface area contributed by atoms with Crippen molar-refractivity contribution in [3.63, 3.8) is 0 Å². The second-order valence-electron chi connectivity index (χ2n) is 5.40. The number of amides is 1. The lowest BCUT2D eigenvalue weighted by Gasteiger charge is -2.26. The summed E-state index contributed by atoms with van der Waals surface area (Å²) in [6.45, 7) is 3.37. The monoisotopic (exact) mass is 276 g/mol. The molecule has 4 heteroatoms. The Morgan fingerprint density at radius 2 is 2.05 bits per heavy atom. The van der Waals surface area contributed by atoms with Crippen molar-refractivity contribution in [1.82, 2.24) is 4.90 Å². The number of hydrogen-bond donors (Lipinski definition) is 1. The molecule has 1 aliphatic carbocycles. The molecule has 0 aromatic heterocycles. The lowest BCUT2D eigenvalue weighted by Crippen LogP contribution is -2.41. The van der Waals surface area contributed by atoms with Gasteiger partial charge in [-0.3, -0.25) is 4.79 Å². The minimum absolute atomic E-state index is 0.00759. The first kappa shape index (κ1) is 14.9. The van der Waals surface area contributed by atoms with Crippen molar-refractivity contribution in [2.45, 2.75) is 38.8 Å². The van der Waals surface area contributed by atoms with Crippen molar-refractivity contribution < 1.29 is 9.53 Å². The molecular formula is C16H24N2O2. The predicted molar refractivity (Wildman–Crippen MR) is 79.4 cm³/mol. The first-order valence-corrected chi connectivity index (χ1v) is 7.33. The van der Waals surface area contributed by atoms with Gasteiger partial charge in [-0.1, -0.05) is 18.6 Å². The molecule has 0 heterocycles. The third kappa shape index (κ3) is 3.31. The lowest BCUT2D eigenvalue weighted by atomic mass is 10.0. The molecule has 1 aliphatic rings. The molecule has 1 saturated carbocycles. The molecule has 4 nitrogen and oxygen atoms in total. The van der Waals surface area contributed by atoms with Crippen molar-refractivity contribution >= 4 is 5.91 Å². The number of nitrogens with two attached hydrogens (primary N) is 1. The minimum atomic E-state index is 0.00759. The zero-order valence-corrected chi connectivity index (χ0v) is 12.3. The Morgan fingerprint density at radius 1 is 1.35 bits per heavy atom. The van der Waals surface area contributed by atoms with Crippen LogP contribution in [0, 0.1) is 5.92 Å². The number of ether oxygens (including phenoxy) is 1. The highest BCUT2D eigenvalue weighted by molar-refractivity contribution is 5.79. The van der Waals surface area contributed by atoms with Crippen LogP contribution in [-0.4, -0.2) is 30.5 Å². The number of hydrogen-bond acceptors (Lipinski definition) is 3. The maximum Gasteiger partial charge on any atom is 0.227 e. The van der Waals surface area contributed by atoms with Crippen LogP contribution in [-0.2, 0) is 11.3 Å². The van der Waals surface area contributed by atoms with E-state index in [4.69, 9.17) is 10.5 Å². The Labute approximate surface area is 120 Å². The summed E-state index contributed by atoms with van der Waals surface area (Å²) in [5, 5.41) is 0. The van der Waals surface area contributed by atoms with Crippen molar-refractivity contribution in [3.05, 3.63) is 29.8 Å². The Morgan fingerprint density at radius 3 is 2.55 bits per heavy atom. The summed E-state index contributed by atoms with van der Waals surface area (Å²) >= 11 is 0. The van der Waals surface area contributed by atoms with Crippen LogP contribution in [0.3, 0.4) is 0 Å². The molecule has 1 amide bonds. The van der Waals surface area contributed by atoms with Gasteiger partial charge in [0.25, 0.3) is 0 Å². The molecule has 0 radical (unpaired) electrons. The Kier molecular flexibility index (Phi) is 5.01. The van der Waals surface area contributed by atoms with Crippen molar-refractivity contribution in [2.24, 2.45) is 11.7 Å².